The fraction of sp³-hybridized carbons (Fsp3) is 0.538. The Morgan fingerprint density at radius 1 is 1.44 bits per heavy atom. The van der Waals surface area contributed by atoms with Gasteiger partial charge in [-0.05, 0) is 29.7 Å². The number of hydrogen-bond donors (Lipinski definition) is 1. The lowest BCUT2D eigenvalue weighted by molar-refractivity contribution is 0.558. The Hall–Kier alpha value is -1.09. The Labute approximate surface area is 97.3 Å². The van der Waals surface area contributed by atoms with E-state index in [0.29, 0.717) is 12.5 Å². The third-order valence-corrected chi connectivity index (χ3v) is 2.96. The molecule has 3 heteroatoms. The monoisotopic (exact) mass is 224 g/mol. The first-order chi connectivity index (χ1) is 7.58. The lowest BCUT2D eigenvalue weighted by Gasteiger charge is -2.25. The lowest BCUT2D eigenvalue weighted by Crippen LogP contribution is -2.25. The molecule has 1 atom stereocenters. The van der Waals surface area contributed by atoms with Crippen molar-refractivity contribution in [1.29, 1.82) is 0 Å². The summed E-state index contributed by atoms with van der Waals surface area (Å²) in [5.74, 6) is 0.404. The predicted octanol–water partition coefficient (Wildman–Crippen LogP) is 2.77. The highest BCUT2D eigenvalue weighted by atomic mass is 19.1. The van der Waals surface area contributed by atoms with Crippen molar-refractivity contribution in [3.05, 3.63) is 29.6 Å². The maximum atomic E-state index is 13.1. The number of nitrogens with two attached hydrogens (primary N) is 1. The van der Waals surface area contributed by atoms with Crippen molar-refractivity contribution in [3.63, 3.8) is 0 Å². The van der Waals surface area contributed by atoms with Gasteiger partial charge in [-0.15, -0.1) is 0 Å². The molecule has 0 bridgehead atoms. The molecule has 0 aliphatic heterocycles. The first-order valence-electron chi connectivity index (χ1n) is 5.78. The van der Waals surface area contributed by atoms with Crippen LogP contribution in [0.2, 0.25) is 0 Å². The van der Waals surface area contributed by atoms with E-state index in [0.717, 1.165) is 24.2 Å². The van der Waals surface area contributed by atoms with Gasteiger partial charge in [0.2, 0.25) is 0 Å². The molecule has 1 rings (SSSR count). The van der Waals surface area contributed by atoms with Crippen LogP contribution in [0.5, 0.6) is 0 Å². The third kappa shape index (κ3) is 3.20. The molecule has 90 valence electrons. The van der Waals surface area contributed by atoms with E-state index in [4.69, 9.17) is 5.73 Å². The van der Waals surface area contributed by atoms with Crippen LogP contribution < -0.4 is 10.6 Å². The standard InChI is InChI=1S/C13H21FN2/c1-4-10(2)9-16(3)13-6-5-12(14)7-11(13)8-15/h5-7,10H,4,8-9,15H2,1-3H3. The molecule has 0 aromatic heterocycles. The molecule has 0 aliphatic rings. The summed E-state index contributed by atoms with van der Waals surface area (Å²) >= 11 is 0. The van der Waals surface area contributed by atoms with Crippen LogP contribution in [0.1, 0.15) is 25.8 Å². The van der Waals surface area contributed by atoms with E-state index in [-0.39, 0.29) is 5.82 Å². The zero-order valence-corrected chi connectivity index (χ0v) is 10.3. The summed E-state index contributed by atoms with van der Waals surface area (Å²) in [5, 5.41) is 0. The van der Waals surface area contributed by atoms with Crippen LogP contribution in [-0.4, -0.2) is 13.6 Å². The highest BCUT2D eigenvalue weighted by molar-refractivity contribution is 5.53. The molecule has 2 N–H and O–H groups in total. The second kappa shape index (κ2) is 5.85. The van der Waals surface area contributed by atoms with Crippen molar-refractivity contribution in [2.24, 2.45) is 11.7 Å². The lowest BCUT2D eigenvalue weighted by atomic mass is 10.1. The van der Waals surface area contributed by atoms with Crippen LogP contribution in [-0.2, 0) is 6.54 Å². The third-order valence-electron chi connectivity index (χ3n) is 2.96. The van der Waals surface area contributed by atoms with E-state index in [1.807, 2.05) is 7.05 Å². The molecule has 1 aromatic rings. The molecule has 0 saturated heterocycles. The summed E-state index contributed by atoms with van der Waals surface area (Å²) < 4.78 is 13.1. The fourth-order valence-electron chi connectivity index (χ4n) is 1.78. The Morgan fingerprint density at radius 3 is 2.69 bits per heavy atom. The molecule has 0 aliphatic carbocycles. The molecule has 0 fully saturated rings. The minimum Gasteiger partial charge on any atom is -0.374 e. The van der Waals surface area contributed by atoms with E-state index in [2.05, 4.69) is 18.7 Å². The van der Waals surface area contributed by atoms with E-state index < -0.39 is 0 Å². The van der Waals surface area contributed by atoms with E-state index in [1.54, 1.807) is 6.07 Å². The molecule has 1 aromatic carbocycles. The van der Waals surface area contributed by atoms with E-state index in [1.165, 1.54) is 12.1 Å². The molecule has 0 heterocycles. The van der Waals surface area contributed by atoms with Gasteiger partial charge in [0.15, 0.2) is 0 Å². The second-order valence-electron chi connectivity index (χ2n) is 4.37. The number of anilines is 1. The summed E-state index contributed by atoms with van der Waals surface area (Å²) in [4.78, 5) is 2.15. The highest BCUT2D eigenvalue weighted by Crippen LogP contribution is 2.21. The molecule has 2 nitrogen and oxygen atoms in total. The Balaban J connectivity index is 2.85. The molecule has 0 spiro atoms. The van der Waals surface area contributed by atoms with Gasteiger partial charge in [0.25, 0.3) is 0 Å². The Morgan fingerprint density at radius 2 is 2.12 bits per heavy atom. The van der Waals surface area contributed by atoms with Crippen LogP contribution in [0.15, 0.2) is 18.2 Å². The van der Waals surface area contributed by atoms with Crippen LogP contribution in [0.25, 0.3) is 0 Å². The average molecular weight is 224 g/mol. The van der Waals surface area contributed by atoms with Crippen molar-refractivity contribution in [2.45, 2.75) is 26.8 Å². The normalized spacial score (nSPS) is 12.6. The average Bonchev–Trinajstić information content (AvgIpc) is 2.28. The van der Waals surface area contributed by atoms with Gasteiger partial charge in [-0.2, -0.15) is 0 Å². The van der Waals surface area contributed by atoms with Gasteiger partial charge in [-0.3, -0.25) is 0 Å². The van der Waals surface area contributed by atoms with Gasteiger partial charge in [0, 0.05) is 25.8 Å². The van der Waals surface area contributed by atoms with Crippen molar-refractivity contribution < 1.29 is 4.39 Å². The van der Waals surface area contributed by atoms with E-state index >= 15 is 0 Å². The Kier molecular flexibility index (Phi) is 4.74. The molecule has 1 unspecified atom stereocenters. The van der Waals surface area contributed by atoms with Crippen LogP contribution in [0.3, 0.4) is 0 Å². The number of rotatable bonds is 5. The second-order valence-corrected chi connectivity index (χ2v) is 4.37. The number of nitrogens with zero attached hydrogens (tertiary/aromatic N) is 1. The number of hydrogen-bond acceptors (Lipinski definition) is 2. The van der Waals surface area contributed by atoms with Gasteiger partial charge in [-0.1, -0.05) is 20.3 Å². The van der Waals surface area contributed by atoms with Gasteiger partial charge >= 0.3 is 0 Å². The summed E-state index contributed by atoms with van der Waals surface area (Å²) in [7, 11) is 2.03. The van der Waals surface area contributed by atoms with Gasteiger partial charge < -0.3 is 10.6 Å². The minimum atomic E-state index is -0.221. The van der Waals surface area contributed by atoms with Crippen LogP contribution in [0.4, 0.5) is 10.1 Å². The van der Waals surface area contributed by atoms with Gasteiger partial charge in [0.05, 0.1) is 0 Å². The van der Waals surface area contributed by atoms with E-state index in [9.17, 15) is 4.39 Å². The maximum absolute atomic E-state index is 13.1. The zero-order chi connectivity index (χ0) is 12.1. The number of halogens is 1. The summed E-state index contributed by atoms with van der Waals surface area (Å²) in [6.45, 7) is 5.72. The highest BCUT2D eigenvalue weighted by Gasteiger charge is 2.09. The van der Waals surface area contributed by atoms with Crippen molar-refractivity contribution >= 4 is 5.69 Å². The molecule has 16 heavy (non-hydrogen) atoms. The smallest absolute Gasteiger partial charge is 0.123 e. The first-order valence-corrected chi connectivity index (χ1v) is 5.78. The van der Waals surface area contributed by atoms with Crippen LogP contribution >= 0.6 is 0 Å². The molecule has 0 amide bonds. The fourth-order valence-corrected chi connectivity index (χ4v) is 1.78. The molecule has 0 saturated carbocycles. The minimum absolute atomic E-state index is 0.221. The maximum Gasteiger partial charge on any atom is 0.123 e. The first kappa shape index (κ1) is 13.0. The summed E-state index contributed by atoms with van der Waals surface area (Å²) in [6, 6.07) is 4.81. The van der Waals surface area contributed by atoms with Gasteiger partial charge in [-0.25, -0.2) is 4.39 Å². The predicted molar refractivity (Wildman–Crippen MR) is 67.0 cm³/mol. The topological polar surface area (TPSA) is 29.3 Å². The molecule has 0 radical (unpaired) electrons. The summed E-state index contributed by atoms with van der Waals surface area (Å²) in [6.07, 6.45) is 1.14. The quantitative estimate of drug-likeness (QED) is 0.833. The van der Waals surface area contributed by atoms with Gasteiger partial charge in [0.1, 0.15) is 5.82 Å². The Bertz CT molecular complexity index is 339. The van der Waals surface area contributed by atoms with Crippen molar-refractivity contribution in [1.82, 2.24) is 0 Å². The largest absolute Gasteiger partial charge is 0.374 e. The zero-order valence-electron chi connectivity index (χ0n) is 10.3. The summed E-state index contributed by atoms with van der Waals surface area (Å²) in [5.41, 5.74) is 7.53. The van der Waals surface area contributed by atoms with Crippen molar-refractivity contribution in [3.8, 4) is 0 Å². The molecular weight excluding hydrogens is 203 g/mol. The van der Waals surface area contributed by atoms with Crippen LogP contribution in [0, 0.1) is 11.7 Å². The molecular formula is C13H21FN2. The SMILES string of the molecule is CCC(C)CN(C)c1ccc(F)cc1CN. The van der Waals surface area contributed by atoms with Crippen molar-refractivity contribution in [2.75, 3.05) is 18.5 Å². The number of benzene rings is 1.